The summed E-state index contributed by atoms with van der Waals surface area (Å²) in [6.45, 7) is 6.41. The van der Waals surface area contributed by atoms with Gasteiger partial charge in [0.05, 0.1) is 0 Å². The van der Waals surface area contributed by atoms with Gasteiger partial charge in [-0.2, -0.15) is 0 Å². The van der Waals surface area contributed by atoms with Crippen LogP contribution in [0.5, 0.6) is 0 Å². The van der Waals surface area contributed by atoms with Gasteiger partial charge in [-0.25, -0.2) is 0 Å². The van der Waals surface area contributed by atoms with E-state index in [2.05, 4.69) is 154 Å². The highest BCUT2D eigenvalue weighted by Crippen LogP contribution is 2.13. The van der Waals surface area contributed by atoms with Gasteiger partial charge in [0.25, 0.3) is 0 Å². The van der Waals surface area contributed by atoms with Crippen molar-refractivity contribution in [1.82, 2.24) is 0 Å². The van der Waals surface area contributed by atoms with Crippen LogP contribution in [0, 0.1) is 0 Å². The lowest BCUT2D eigenvalue weighted by molar-refractivity contribution is -0.167. The Bertz CT molecular complexity index is 1580. The lowest BCUT2D eigenvalue weighted by Gasteiger charge is -2.18. The van der Waals surface area contributed by atoms with Crippen LogP contribution in [0.4, 0.5) is 0 Å². The maximum atomic E-state index is 12.8. The zero-order chi connectivity index (χ0) is 52.9. The topological polar surface area (TPSA) is 78.9 Å². The Kier molecular flexibility index (Phi) is 56.4. The Morgan fingerprint density at radius 1 is 0.288 bits per heavy atom. The van der Waals surface area contributed by atoms with Gasteiger partial charge in [-0.3, -0.25) is 14.4 Å². The molecule has 6 nitrogen and oxygen atoms in total. The summed E-state index contributed by atoms with van der Waals surface area (Å²) < 4.78 is 16.8. The van der Waals surface area contributed by atoms with Crippen molar-refractivity contribution in [2.75, 3.05) is 13.2 Å². The van der Waals surface area contributed by atoms with Crippen LogP contribution in [-0.2, 0) is 28.6 Å². The number of ether oxygens (including phenoxy) is 3. The maximum Gasteiger partial charge on any atom is 0.306 e. The first kappa shape index (κ1) is 68.6. The highest BCUT2D eigenvalue weighted by atomic mass is 16.6. The summed E-state index contributed by atoms with van der Waals surface area (Å²) >= 11 is 0. The maximum absolute atomic E-state index is 12.8. The fourth-order valence-corrected chi connectivity index (χ4v) is 7.64. The van der Waals surface area contributed by atoms with Crippen molar-refractivity contribution in [1.29, 1.82) is 0 Å². The van der Waals surface area contributed by atoms with E-state index in [0.717, 1.165) is 141 Å². The number of rotatable bonds is 52. The van der Waals surface area contributed by atoms with Gasteiger partial charge in [0, 0.05) is 19.3 Å². The molecule has 0 aliphatic rings. The minimum absolute atomic E-state index is 0.106. The van der Waals surface area contributed by atoms with Gasteiger partial charge in [0.1, 0.15) is 13.2 Å². The summed E-state index contributed by atoms with van der Waals surface area (Å²) in [5, 5.41) is 0. The van der Waals surface area contributed by atoms with E-state index in [4.69, 9.17) is 14.2 Å². The zero-order valence-corrected chi connectivity index (χ0v) is 47.1. The minimum atomic E-state index is -0.812. The molecule has 6 heteroatoms. The van der Waals surface area contributed by atoms with Crippen molar-refractivity contribution in [2.24, 2.45) is 0 Å². The standard InChI is InChI=1S/C67H108O6/c1-4-7-10-13-16-19-22-25-28-29-30-31-32-33-34-35-36-37-38-39-40-43-45-48-51-54-57-60-66(69)72-63-64(73-67(70)61-58-55-52-49-46-42-27-24-21-18-15-12-9-6-3)62-71-65(68)59-56-53-50-47-44-41-26-23-20-17-14-11-8-5-2/h7,10,15-16,18-19,23-28,30-31,33-34,36-37,39-40,45,48,64H,4-6,8-9,11-14,17,20-22,29,32,35,38,41-44,46-47,49-63H2,1-3H3/b10-7-,18-15-,19-16-,26-23-,27-24-,28-25-,31-30-,34-33-,37-36-,40-39-,48-45-. The van der Waals surface area contributed by atoms with Gasteiger partial charge >= 0.3 is 17.9 Å². The molecule has 1 atom stereocenters. The van der Waals surface area contributed by atoms with Crippen LogP contribution in [0.1, 0.15) is 252 Å². The average molecular weight is 1010 g/mol. The van der Waals surface area contributed by atoms with Crippen LogP contribution >= 0.6 is 0 Å². The van der Waals surface area contributed by atoms with E-state index in [1.54, 1.807) is 0 Å². The van der Waals surface area contributed by atoms with Crippen LogP contribution in [0.15, 0.2) is 134 Å². The quantitative estimate of drug-likeness (QED) is 0.0261. The Balaban J connectivity index is 4.45. The van der Waals surface area contributed by atoms with Crippen molar-refractivity contribution in [3.63, 3.8) is 0 Å². The molecule has 0 aliphatic carbocycles. The predicted molar refractivity (Wildman–Crippen MR) is 316 cm³/mol. The normalized spacial score (nSPS) is 13.1. The largest absolute Gasteiger partial charge is 0.462 e. The predicted octanol–water partition coefficient (Wildman–Crippen LogP) is 20.2. The van der Waals surface area contributed by atoms with Gasteiger partial charge in [-0.1, -0.05) is 231 Å². The molecule has 0 bridgehead atoms. The van der Waals surface area contributed by atoms with Gasteiger partial charge in [0.2, 0.25) is 0 Å². The first-order chi connectivity index (χ1) is 36.0. The molecule has 0 spiro atoms. The first-order valence-corrected chi connectivity index (χ1v) is 29.7. The van der Waals surface area contributed by atoms with Crippen LogP contribution < -0.4 is 0 Å². The van der Waals surface area contributed by atoms with E-state index in [1.165, 1.54) is 64.2 Å². The Labute approximate surface area is 449 Å². The van der Waals surface area contributed by atoms with Crippen molar-refractivity contribution >= 4 is 17.9 Å². The molecule has 0 saturated heterocycles. The van der Waals surface area contributed by atoms with Gasteiger partial charge in [0.15, 0.2) is 6.10 Å². The first-order valence-electron chi connectivity index (χ1n) is 29.7. The van der Waals surface area contributed by atoms with E-state index in [1.807, 2.05) is 0 Å². The van der Waals surface area contributed by atoms with Crippen molar-refractivity contribution in [3.05, 3.63) is 134 Å². The smallest absolute Gasteiger partial charge is 0.306 e. The Hall–Kier alpha value is -4.45. The summed E-state index contributed by atoms with van der Waals surface area (Å²) in [5.41, 5.74) is 0. The van der Waals surface area contributed by atoms with E-state index in [-0.39, 0.29) is 31.1 Å². The summed E-state index contributed by atoms with van der Waals surface area (Å²) in [6, 6.07) is 0. The molecule has 0 amide bonds. The minimum Gasteiger partial charge on any atom is -0.462 e. The molecular weight excluding hydrogens is 901 g/mol. The summed E-state index contributed by atoms with van der Waals surface area (Å²) in [4.78, 5) is 38.1. The highest BCUT2D eigenvalue weighted by Gasteiger charge is 2.19. The van der Waals surface area contributed by atoms with Crippen LogP contribution in [0.2, 0.25) is 0 Å². The molecule has 412 valence electrons. The van der Waals surface area contributed by atoms with Crippen LogP contribution in [-0.4, -0.2) is 37.2 Å². The molecule has 0 aromatic carbocycles. The van der Waals surface area contributed by atoms with Crippen LogP contribution in [0.25, 0.3) is 0 Å². The fourth-order valence-electron chi connectivity index (χ4n) is 7.64. The van der Waals surface area contributed by atoms with Gasteiger partial charge < -0.3 is 14.2 Å². The third-order valence-electron chi connectivity index (χ3n) is 12.1. The van der Waals surface area contributed by atoms with Crippen molar-refractivity contribution < 1.29 is 28.6 Å². The second kappa shape index (κ2) is 60.1. The number of esters is 3. The third-order valence-corrected chi connectivity index (χ3v) is 12.1. The molecule has 0 aromatic rings. The number of carbonyl (C=O) groups is 3. The zero-order valence-electron chi connectivity index (χ0n) is 47.1. The number of carbonyl (C=O) groups excluding carboxylic acids is 3. The second-order valence-corrected chi connectivity index (χ2v) is 19.2. The molecule has 0 aliphatic heterocycles. The number of allylic oxidation sites excluding steroid dienone is 22. The molecule has 73 heavy (non-hydrogen) atoms. The van der Waals surface area contributed by atoms with Crippen molar-refractivity contribution in [2.45, 2.75) is 258 Å². The number of hydrogen-bond acceptors (Lipinski definition) is 6. The highest BCUT2D eigenvalue weighted by molar-refractivity contribution is 5.71. The van der Waals surface area contributed by atoms with Gasteiger partial charge in [-0.15, -0.1) is 0 Å². The second-order valence-electron chi connectivity index (χ2n) is 19.2. The molecule has 0 rings (SSSR count). The van der Waals surface area contributed by atoms with Crippen molar-refractivity contribution in [3.8, 4) is 0 Å². The average Bonchev–Trinajstić information content (AvgIpc) is 3.39. The lowest BCUT2D eigenvalue weighted by atomic mass is 10.1. The van der Waals surface area contributed by atoms with Crippen LogP contribution in [0.3, 0.4) is 0 Å². The summed E-state index contributed by atoms with van der Waals surface area (Å²) in [5.74, 6) is -0.977. The molecule has 0 heterocycles. The molecule has 1 unspecified atom stereocenters. The number of hydrogen-bond donors (Lipinski definition) is 0. The Morgan fingerprint density at radius 2 is 0.548 bits per heavy atom. The van der Waals surface area contributed by atoms with E-state index < -0.39 is 6.10 Å². The SMILES string of the molecule is CC/C=C\C/C=C\C/C=C\C/C=C\C/C=C\C/C=C\C/C=C\C/C=C\CCCCC(=O)OCC(COC(=O)CCCCCCC/C=C\CCCCCCC)OC(=O)CCCCCCC/C=C\C/C=C\CCCC. The number of unbranched alkanes of at least 4 members (excludes halogenated alkanes) is 19. The third kappa shape index (κ3) is 58.3. The molecule has 0 fully saturated rings. The fraction of sp³-hybridized carbons (Fsp3) is 0.627. The summed E-state index contributed by atoms with van der Waals surface area (Å²) in [6.07, 6.45) is 84.4. The molecular formula is C67H108O6. The molecule has 0 saturated carbocycles. The molecule has 0 N–H and O–H groups in total. The molecule has 0 radical (unpaired) electrons. The van der Waals surface area contributed by atoms with E-state index in [0.29, 0.717) is 25.7 Å². The van der Waals surface area contributed by atoms with E-state index >= 15 is 0 Å². The Morgan fingerprint density at radius 3 is 0.918 bits per heavy atom. The summed E-state index contributed by atoms with van der Waals surface area (Å²) in [7, 11) is 0. The van der Waals surface area contributed by atoms with E-state index in [9.17, 15) is 14.4 Å². The monoisotopic (exact) mass is 1010 g/mol. The lowest BCUT2D eigenvalue weighted by Crippen LogP contribution is -2.30. The molecule has 0 aromatic heterocycles. The van der Waals surface area contributed by atoms with Gasteiger partial charge in [-0.05, 0) is 135 Å².